The molecule has 0 bridgehead atoms. The van der Waals surface area contributed by atoms with Crippen LogP contribution < -0.4 is 5.32 Å². The van der Waals surface area contributed by atoms with E-state index in [0.29, 0.717) is 5.92 Å². The summed E-state index contributed by atoms with van der Waals surface area (Å²) in [7, 11) is 0. The summed E-state index contributed by atoms with van der Waals surface area (Å²) in [5.41, 5.74) is 0. The van der Waals surface area contributed by atoms with Gasteiger partial charge in [0, 0.05) is 6.54 Å². The van der Waals surface area contributed by atoms with Gasteiger partial charge in [-0.3, -0.25) is 0 Å². The van der Waals surface area contributed by atoms with Crippen LogP contribution in [0.4, 0.5) is 0 Å². The molecule has 0 aromatic rings. The smallest absolute Gasteiger partial charge is 0.0592 e. The molecule has 1 heterocycles. The van der Waals surface area contributed by atoms with E-state index in [2.05, 4.69) is 19.2 Å². The van der Waals surface area contributed by atoms with Gasteiger partial charge in [-0.05, 0) is 31.2 Å². The first kappa shape index (κ1) is 11.0. The molecule has 2 nitrogen and oxygen atoms in total. The fraction of sp³-hybridized carbons (Fsp3) is 1.00. The largest absolute Gasteiger partial charge is 0.393 e. The molecular weight excluding hydrogens is 162 g/mol. The van der Waals surface area contributed by atoms with Crippen LogP contribution in [-0.4, -0.2) is 24.3 Å². The molecule has 2 unspecified atom stereocenters. The summed E-state index contributed by atoms with van der Waals surface area (Å²) in [4.78, 5) is 0. The van der Waals surface area contributed by atoms with Crippen LogP contribution in [-0.2, 0) is 0 Å². The van der Waals surface area contributed by atoms with Crippen molar-refractivity contribution in [2.45, 2.75) is 45.6 Å². The van der Waals surface area contributed by atoms with Gasteiger partial charge in [-0.15, -0.1) is 0 Å². The first-order valence-electron chi connectivity index (χ1n) is 5.66. The van der Waals surface area contributed by atoms with Crippen LogP contribution in [0, 0.1) is 11.8 Å². The normalized spacial score (nSPS) is 29.5. The van der Waals surface area contributed by atoms with E-state index in [4.69, 9.17) is 0 Å². The maximum Gasteiger partial charge on any atom is 0.0592 e. The van der Waals surface area contributed by atoms with Crippen molar-refractivity contribution in [3.8, 4) is 0 Å². The molecule has 2 atom stereocenters. The highest BCUT2D eigenvalue weighted by Gasteiger charge is 2.24. The van der Waals surface area contributed by atoms with Gasteiger partial charge in [-0.1, -0.05) is 26.7 Å². The van der Waals surface area contributed by atoms with Crippen molar-refractivity contribution in [1.82, 2.24) is 5.32 Å². The van der Waals surface area contributed by atoms with Crippen molar-refractivity contribution < 1.29 is 5.11 Å². The number of nitrogens with one attached hydrogen (secondary N) is 1. The van der Waals surface area contributed by atoms with Gasteiger partial charge in [0.1, 0.15) is 0 Å². The average Bonchev–Trinajstić information content (AvgIpc) is 2.17. The minimum atomic E-state index is -0.0538. The molecule has 1 fully saturated rings. The van der Waals surface area contributed by atoms with Crippen LogP contribution in [0.15, 0.2) is 0 Å². The third kappa shape index (κ3) is 3.28. The van der Waals surface area contributed by atoms with E-state index in [1.807, 2.05) is 0 Å². The summed E-state index contributed by atoms with van der Waals surface area (Å²) in [5.74, 6) is 1.30. The van der Waals surface area contributed by atoms with Gasteiger partial charge in [-0.25, -0.2) is 0 Å². The maximum absolute atomic E-state index is 9.77. The molecule has 0 radical (unpaired) electrons. The Kier molecular flexibility index (Phi) is 4.74. The highest BCUT2D eigenvalue weighted by Crippen LogP contribution is 2.23. The Morgan fingerprint density at radius 2 is 2.08 bits per heavy atom. The summed E-state index contributed by atoms with van der Waals surface area (Å²) < 4.78 is 0. The van der Waals surface area contributed by atoms with Crippen molar-refractivity contribution in [2.24, 2.45) is 11.8 Å². The predicted molar refractivity (Wildman–Crippen MR) is 55.7 cm³/mol. The van der Waals surface area contributed by atoms with Gasteiger partial charge < -0.3 is 10.4 Å². The molecule has 0 amide bonds. The predicted octanol–water partition coefficient (Wildman–Crippen LogP) is 1.78. The molecule has 0 aliphatic carbocycles. The van der Waals surface area contributed by atoms with Crippen LogP contribution in [0.3, 0.4) is 0 Å². The average molecular weight is 185 g/mol. The van der Waals surface area contributed by atoms with Gasteiger partial charge in [-0.2, -0.15) is 0 Å². The van der Waals surface area contributed by atoms with Crippen molar-refractivity contribution in [1.29, 1.82) is 0 Å². The number of rotatable bonds is 4. The second-order valence-electron chi connectivity index (χ2n) is 4.24. The monoisotopic (exact) mass is 185 g/mol. The lowest BCUT2D eigenvalue weighted by Crippen LogP contribution is -2.40. The number of hydrogen-bond acceptors (Lipinski definition) is 2. The summed E-state index contributed by atoms with van der Waals surface area (Å²) in [6, 6.07) is 0. The quantitative estimate of drug-likeness (QED) is 0.700. The van der Waals surface area contributed by atoms with E-state index in [1.165, 1.54) is 19.3 Å². The van der Waals surface area contributed by atoms with Gasteiger partial charge in [0.2, 0.25) is 0 Å². The Bertz CT molecular complexity index is 134. The van der Waals surface area contributed by atoms with Crippen LogP contribution in [0.5, 0.6) is 0 Å². The van der Waals surface area contributed by atoms with Crippen molar-refractivity contribution in [2.75, 3.05) is 13.1 Å². The SMILES string of the molecule is CCC(CC)CC1CNCCC1O. The van der Waals surface area contributed by atoms with Crippen LogP contribution in [0.1, 0.15) is 39.5 Å². The second kappa shape index (κ2) is 5.61. The Morgan fingerprint density at radius 3 is 2.62 bits per heavy atom. The van der Waals surface area contributed by atoms with Crippen LogP contribution in [0.2, 0.25) is 0 Å². The zero-order valence-corrected chi connectivity index (χ0v) is 8.92. The first-order chi connectivity index (χ1) is 6.27. The standard InChI is InChI=1S/C11H23NO/c1-3-9(4-2)7-10-8-12-6-5-11(10)13/h9-13H,3-8H2,1-2H3. The van der Waals surface area contributed by atoms with Crippen molar-refractivity contribution in [3.63, 3.8) is 0 Å². The number of aliphatic hydroxyl groups is 1. The molecule has 2 heteroatoms. The minimum Gasteiger partial charge on any atom is -0.393 e. The first-order valence-corrected chi connectivity index (χ1v) is 5.66. The van der Waals surface area contributed by atoms with E-state index >= 15 is 0 Å². The Morgan fingerprint density at radius 1 is 1.38 bits per heavy atom. The fourth-order valence-electron chi connectivity index (χ4n) is 2.20. The third-order valence-electron chi connectivity index (χ3n) is 3.36. The Hall–Kier alpha value is -0.0800. The van der Waals surface area contributed by atoms with E-state index < -0.39 is 0 Å². The Labute approximate surface area is 81.7 Å². The fourth-order valence-corrected chi connectivity index (χ4v) is 2.20. The molecule has 13 heavy (non-hydrogen) atoms. The van der Waals surface area contributed by atoms with Gasteiger partial charge in [0.05, 0.1) is 6.10 Å². The zero-order valence-electron chi connectivity index (χ0n) is 8.92. The van der Waals surface area contributed by atoms with Gasteiger partial charge in [0.25, 0.3) is 0 Å². The van der Waals surface area contributed by atoms with E-state index in [0.717, 1.165) is 25.4 Å². The highest BCUT2D eigenvalue weighted by molar-refractivity contribution is 4.79. The molecule has 0 aromatic carbocycles. The van der Waals surface area contributed by atoms with E-state index in [9.17, 15) is 5.11 Å². The third-order valence-corrected chi connectivity index (χ3v) is 3.36. The van der Waals surface area contributed by atoms with Crippen molar-refractivity contribution in [3.05, 3.63) is 0 Å². The molecule has 0 spiro atoms. The summed E-state index contributed by atoms with van der Waals surface area (Å²) in [6.45, 7) is 6.49. The van der Waals surface area contributed by atoms with E-state index in [-0.39, 0.29) is 6.10 Å². The molecule has 1 saturated heterocycles. The van der Waals surface area contributed by atoms with Gasteiger partial charge >= 0.3 is 0 Å². The van der Waals surface area contributed by atoms with Crippen LogP contribution >= 0.6 is 0 Å². The lowest BCUT2D eigenvalue weighted by Gasteiger charge is -2.30. The molecule has 0 aromatic heterocycles. The molecular formula is C11H23NO. The number of hydrogen-bond donors (Lipinski definition) is 2. The summed E-state index contributed by atoms with van der Waals surface area (Å²) in [6.07, 6.45) is 4.58. The van der Waals surface area contributed by atoms with Gasteiger partial charge in [0.15, 0.2) is 0 Å². The summed E-state index contributed by atoms with van der Waals surface area (Å²) >= 11 is 0. The lowest BCUT2D eigenvalue weighted by molar-refractivity contribution is 0.0643. The molecule has 0 saturated carbocycles. The molecule has 1 aliphatic heterocycles. The second-order valence-corrected chi connectivity index (χ2v) is 4.24. The topological polar surface area (TPSA) is 32.3 Å². The minimum absolute atomic E-state index is 0.0538. The van der Waals surface area contributed by atoms with Crippen molar-refractivity contribution >= 4 is 0 Å². The number of piperidine rings is 1. The zero-order chi connectivity index (χ0) is 9.68. The van der Waals surface area contributed by atoms with E-state index in [1.54, 1.807) is 0 Å². The molecule has 78 valence electrons. The summed E-state index contributed by atoms with van der Waals surface area (Å²) in [5, 5.41) is 13.1. The van der Waals surface area contributed by atoms with Crippen LogP contribution in [0.25, 0.3) is 0 Å². The number of aliphatic hydroxyl groups excluding tert-OH is 1. The molecule has 1 aliphatic rings. The lowest BCUT2D eigenvalue weighted by atomic mass is 9.85. The maximum atomic E-state index is 9.77. The highest BCUT2D eigenvalue weighted by atomic mass is 16.3. The molecule has 1 rings (SSSR count). The Balaban J connectivity index is 2.32. The molecule has 2 N–H and O–H groups in total.